The summed E-state index contributed by atoms with van der Waals surface area (Å²) in [6.07, 6.45) is 0.245. The van der Waals surface area contributed by atoms with E-state index >= 15 is 0 Å². The number of rotatable bonds is 4. The van der Waals surface area contributed by atoms with Crippen molar-refractivity contribution in [3.05, 3.63) is 35.6 Å². The van der Waals surface area contributed by atoms with Crippen molar-refractivity contribution in [1.29, 1.82) is 0 Å². The predicted molar refractivity (Wildman–Crippen MR) is 60.1 cm³/mol. The summed E-state index contributed by atoms with van der Waals surface area (Å²) in [5.41, 5.74) is 0.983. The van der Waals surface area contributed by atoms with Crippen molar-refractivity contribution < 1.29 is 9.50 Å². The molecular weight excluding hydrogens is 191 g/mol. The minimum absolute atomic E-state index is 0.231. The second-order valence-electron chi connectivity index (χ2n) is 4.50. The molecule has 2 heteroatoms. The lowest BCUT2D eigenvalue weighted by molar-refractivity contribution is 0.0921. The molecule has 1 aromatic rings. The Morgan fingerprint density at radius 1 is 1.13 bits per heavy atom. The second-order valence-corrected chi connectivity index (χ2v) is 4.50. The highest BCUT2D eigenvalue weighted by Gasteiger charge is 2.17. The van der Waals surface area contributed by atoms with Crippen LogP contribution in [-0.2, 0) is 6.42 Å². The average Bonchev–Trinajstić information content (AvgIpc) is 2.20. The molecule has 15 heavy (non-hydrogen) atoms. The SMILES string of the molecule is CC(C)C(C)C(O)Cc1ccc(F)cc1. The largest absolute Gasteiger partial charge is 0.392 e. The van der Waals surface area contributed by atoms with Crippen molar-refractivity contribution in [2.24, 2.45) is 11.8 Å². The van der Waals surface area contributed by atoms with E-state index < -0.39 is 0 Å². The van der Waals surface area contributed by atoms with Crippen LogP contribution in [0.1, 0.15) is 26.3 Å². The molecule has 0 aliphatic carbocycles. The third-order valence-corrected chi connectivity index (χ3v) is 3.02. The van der Waals surface area contributed by atoms with Crippen LogP contribution < -0.4 is 0 Å². The standard InChI is InChI=1S/C13H19FO/c1-9(2)10(3)13(15)8-11-4-6-12(14)7-5-11/h4-7,9-10,13,15H,8H2,1-3H3. The van der Waals surface area contributed by atoms with E-state index in [0.717, 1.165) is 5.56 Å². The molecule has 0 aliphatic heterocycles. The Kier molecular flexibility index (Phi) is 4.28. The summed E-state index contributed by atoms with van der Waals surface area (Å²) in [6, 6.07) is 6.32. The fourth-order valence-electron chi connectivity index (χ4n) is 1.49. The van der Waals surface area contributed by atoms with Crippen molar-refractivity contribution in [2.45, 2.75) is 33.3 Å². The van der Waals surface area contributed by atoms with Crippen LogP contribution in [0.2, 0.25) is 0 Å². The molecule has 1 N–H and O–H groups in total. The van der Waals surface area contributed by atoms with E-state index in [-0.39, 0.29) is 17.8 Å². The zero-order valence-corrected chi connectivity index (χ0v) is 9.57. The molecule has 1 aromatic carbocycles. The molecule has 0 heterocycles. The molecule has 0 aliphatic rings. The topological polar surface area (TPSA) is 20.2 Å². The summed E-state index contributed by atoms with van der Waals surface area (Å²) in [6.45, 7) is 6.23. The Morgan fingerprint density at radius 2 is 1.67 bits per heavy atom. The highest BCUT2D eigenvalue weighted by atomic mass is 19.1. The van der Waals surface area contributed by atoms with Crippen molar-refractivity contribution >= 4 is 0 Å². The van der Waals surface area contributed by atoms with E-state index in [4.69, 9.17) is 0 Å². The van der Waals surface area contributed by atoms with Gasteiger partial charge in [-0.2, -0.15) is 0 Å². The van der Waals surface area contributed by atoms with E-state index in [1.54, 1.807) is 12.1 Å². The highest BCUT2D eigenvalue weighted by molar-refractivity contribution is 5.16. The van der Waals surface area contributed by atoms with Crippen LogP contribution in [0.4, 0.5) is 4.39 Å². The Hall–Kier alpha value is -0.890. The van der Waals surface area contributed by atoms with Gasteiger partial charge in [0.2, 0.25) is 0 Å². The molecule has 1 rings (SSSR count). The van der Waals surface area contributed by atoms with Crippen LogP contribution in [0.5, 0.6) is 0 Å². The molecule has 0 bridgehead atoms. The monoisotopic (exact) mass is 210 g/mol. The number of aliphatic hydroxyl groups is 1. The average molecular weight is 210 g/mol. The van der Waals surface area contributed by atoms with Crippen molar-refractivity contribution in [3.63, 3.8) is 0 Å². The van der Waals surface area contributed by atoms with Gasteiger partial charge in [0.15, 0.2) is 0 Å². The minimum atomic E-state index is -0.351. The zero-order chi connectivity index (χ0) is 11.4. The van der Waals surface area contributed by atoms with Crippen molar-refractivity contribution in [2.75, 3.05) is 0 Å². The summed E-state index contributed by atoms with van der Waals surface area (Å²) >= 11 is 0. The Labute approximate surface area is 90.9 Å². The number of benzene rings is 1. The third kappa shape index (κ3) is 3.63. The van der Waals surface area contributed by atoms with Crippen LogP contribution in [-0.4, -0.2) is 11.2 Å². The summed E-state index contributed by atoms with van der Waals surface area (Å²) in [7, 11) is 0. The first-order valence-corrected chi connectivity index (χ1v) is 5.43. The first kappa shape index (κ1) is 12.2. The van der Waals surface area contributed by atoms with E-state index in [1.165, 1.54) is 12.1 Å². The molecule has 0 radical (unpaired) electrons. The highest BCUT2D eigenvalue weighted by Crippen LogP contribution is 2.18. The number of aliphatic hydroxyl groups excluding tert-OH is 1. The molecule has 2 unspecified atom stereocenters. The predicted octanol–water partition coefficient (Wildman–Crippen LogP) is 3.02. The normalized spacial score (nSPS) is 15.3. The summed E-state index contributed by atoms with van der Waals surface area (Å²) in [5, 5.41) is 9.92. The van der Waals surface area contributed by atoms with Crippen molar-refractivity contribution in [1.82, 2.24) is 0 Å². The molecule has 84 valence electrons. The van der Waals surface area contributed by atoms with Gasteiger partial charge in [0.1, 0.15) is 5.82 Å². The number of halogens is 1. The van der Waals surface area contributed by atoms with Gasteiger partial charge in [0.25, 0.3) is 0 Å². The van der Waals surface area contributed by atoms with Crippen molar-refractivity contribution in [3.8, 4) is 0 Å². The first-order valence-electron chi connectivity index (χ1n) is 5.43. The molecule has 2 atom stereocenters. The summed E-state index contributed by atoms with van der Waals surface area (Å²) in [4.78, 5) is 0. The van der Waals surface area contributed by atoms with E-state index in [1.807, 2.05) is 6.92 Å². The lowest BCUT2D eigenvalue weighted by atomic mass is 9.89. The quantitative estimate of drug-likeness (QED) is 0.810. The van der Waals surface area contributed by atoms with Gasteiger partial charge in [-0.15, -0.1) is 0 Å². The maximum Gasteiger partial charge on any atom is 0.123 e. The van der Waals surface area contributed by atoms with Gasteiger partial charge in [-0.05, 0) is 36.0 Å². The molecule has 0 saturated heterocycles. The van der Waals surface area contributed by atoms with Crippen LogP contribution in [0.3, 0.4) is 0 Å². The Morgan fingerprint density at radius 3 is 2.13 bits per heavy atom. The van der Waals surface area contributed by atoms with Gasteiger partial charge >= 0.3 is 0 Å². The lowest BCUT2D eigenvalue weighted by Crippen LogP contribution is -2.24. The lowest BCUT2D eigenvalue weighted by Gasteiger charge is -2.22. The Bertz CT molecular complexity index is 292. The molecule has 0 spiro atoms. The zero-order valence-electron chi connectivity index (χ0n) is 9.57. The van der Waals surface area contributed by atoms with Crippen LogP contribution in [0, 0.1) is 17.7 Å². The third-order valence-electron chi connectivity index (χ3n) is 3.02. The van der Waals surface area contributed by atoms with Gasteiger partial charge in [0, 0.05) is 0 Å². The fourth-order valence-corrected chi connectivity index (χ4v) is 1.49. The summed E-state index contributed by atoms with van der Waals surface area (Å²) in [5.74, 6) is 0.487. The minimum Gasteiger partial charge on any atom is -0.392 e. The van der Waals surface area contributed by atoms with Gasteiger partial charge in [0.05, 0.1) is 6.10 Å². The van der Waals surface area contributed by atoms with Crippen LogP contribution in [0.25, 0.3) is 0 Å². The molecule has 0 saturated carbocycles. The molecule has 0 aromatic heterocycles. The maximum absolute atomic E-state index is 12.6. The van der Waals surface area contributed by atoms with Gasteiger partial charge < -0.3 is 5.11 Å². The number of hydrogen-bond acceptors (Lipinski definition) is 1. The fraction of sp³-hybridized carbons (Fsp3) is 0.538. The van der Waals surface area contributed by atoms with E-state index in [9.17, 15) is 9.50 Å². The first-order chi connectivity index (χ1) is 7.00. The van der Waals surface area contributed by atoms with Gasteiger partial charge in [-0.3, -0.25) is 0 Å². The van der Waals surface area contributed by atoms with E-state index in [2.05, 4.69) is 13.8 Å². The maximum atomic E-state index is 12.6. The van der Waals surface area contributed by atoms with E-state index in [0.29, 0.717) is 12.3 Å². The Balaban J connectivity index is 2.58. The smallest absolute Gasteiger partial charge is 0.123 e. The molecule has 1 nitrogen and oxygen atoms in total. The summed E-state index contributed by atoms with van der Waals surface area (Å²) < 4.78 is 12.6. The molecule has 0 amide bonds. The molecular formula is C13H19FO. The van der Waals surface area contributed by atoms with Gasteiger partial charge in [-0.1, -0.05) is 32.9 Å². The number of hydrogen-bond donors (Lipinski definition) is 1. The molecule has 0 fully saturated rings. The van der Waals surface area contributed by atoms with Gasteiger partial charge in [-0.25, -0.2) is 4.39 Å². The second kappa shape index (κ2) is 5.26. The van der Waals surface area contributed by atoms with Crippen LogP contribution >= 0.6 is 0 Å². The van der Waals surface area contributed by atoms with Crippen LogP contribution in [0.15, 0.2) is 24.3 Å².